The molecule has 1 aromatic rings. The summed E-state index contributed by atoms with van der Waals surface area (Å²) in [7, 11) is 0. The summed E-state index contributed by atoms with van der Waals surface area (Å²) in [5, 5.41) is 0. The van der Waals surface area contributed by atoms with Crippen LogP contribution in [0, 0.1) is 11.8 Å². The van der Waals surface area contributed by atoms with E-state index in [1.807, 2.05) is 12.1 Å². The average Bonchev–Trinajstić information content (AvgIpc) is 2.41. The Balaban J connectivity index is 1.65. The SMILES string of the molecule is CC(C)C1CCN(CCCc2ccc(N)cc2)CC1. The Labute approximate surface area is 118 Å². The molecule has 1 fully saturated rings. The summed E-state index contributed by atoms with van der Waals surface area (Å²) in [6, 6.07) is 8.31. The fourth-order valence-corrected chi connectivity index (χ4v) is 3.03. The van der Waals surface area contributed by atoms with Crippen LogP contribution in [0.5, 0.6) is 0 Å². The maximum atomic E-state index is 5.70. The van der Waals surface area contributed by atoms with Gasteiger partial charge in [-0.15, -0.1) is 0 Å². The Morgan fingerprint density at radius 3 is 2.37 bits per heavy atom. The highest BCUT2D eigenvalue weighted by molar-refractivity contribution is 5.39. The average molecular weight is 260 g/mol. The van der Waals surface area contributed by atoms with Crippen LogP contribution in [0.1, 0.15) is 38.7 Å². The zero-order valence-corrected chi connectivity index (χ0v) is 12.4. The maximum absolute atomic E-state index is 5.70. The number of nitrogen functional groups attached to an aromatic ring is 1. The first-order chi connectivity index (χ1) is 9.15. The number of benzene rings is 1. The van der Waals surface area contributed by atoms with Gasteiger partial charge in [-0.1, -0.05) is 26.0 Å². The van der Waals surface area contributed by atoms with Crippen LogP contribution in [-0.2, 0) is 6.42 Å². The predicted octanol–water partition coefficient (Wildman–Crippen LogP) is 3.57. The number of hydrogen-bond acceptors (Lipinski definition) is 2. The van der Waals surface area contributed by atoms with E-state index in [2.05, 4.69) is 30.9 Å². The molecule has 106 valence electrons. The standard InChI is InChI=1S/C17H28N2/c1-14(2)16-9-12-19(13-10-16)11-3-4-15-5-7-17(18)8-6-15/h5-8,14,16H,3-4,9-13,18H2,1-2H3. The van der Waals surface area contributed by atoms with Gasteiger partial charge in [0.2, 0.25) is 0 Å². The minimum Gasteiger partial charge on any atom is -0.399 e. The van der Waals surface area contributed by atoms with E-state index in [1.165, 1.54) is 50.9 Å². The van der Waals surface area contributed by atoms with Gasteiger partial charge in [-0.05, 0) is 74.8 Å². The maximum Gasteiger partial charge on any atom is 0.0314 e. The van der Waals surface area contributed by atoms with Crippen molar-refractivity contribution in [3.05, 3.63) is 29.8 Å². The van der Waals surface area contributed by atoms with Crippen LogP contribution in [0.3, 0.4) is 0 Å². The van der Waals surface area contributed by atoms with E-state index >= 15 is 0 Å². The van der Waals surface area contributed by atoms with Gasteiger partial charge in [-0.25, -0.2) is 0 Å². The molecule has 0 amide bonds. The quantitative estimate of drug-likeness (QED) is 0.820. The van der Waals surface area contributed by atoms with Gasteiger partial charge in [0.25, 0.3) is 0 Å². The molecule has 0 saturated carbocycles. The second-order valence-electron chi connectivity index (χ2n) is 6.27. The van der Waals surface area contributed by atoms with Crippen LogP contribution in [0.2, 0.25) is 0 Å². The van der Waals surface area contributed by atoms with E-state index in [-0.39, 0.29) is 0 Å². The van der Waals surface area contributed by atoms with Gasteiger partial charge in [0.05, 0.1) is 0 Å². The number of anilines is 1. The van der Waals surface area contributed by atoms with Crippen LogP contribution in [-0.4, -0.2) is 24.5 Å². The highest BCUT2D eigenvalue weighted by Gasteiger charge is 2.20. The van der Waals surface area contributed by atoms with Crippen molar-refractivity contribution in [1.82, 2.24) is 4.90 Å². The molecular weight excluding hydrogens is 232 g/mol. The Kier molecular flexibility index (Phi) is 5.26. The highest BCUT2D eigenvalue weighted by atomic mass is 15.1. The third kappa shape index (κ3) is 4.54. The molecule has 0 unspecified atom stereocenters. The summed E-state index contributed by atoms with van der Waals surface area (Å²) in [5.41, 5.74) is 7.97. The Morgan fingerprint density at radius 1 is 1.16 bits per heavy atom. The van der Waals surface area contributed by atoms with Crippen molar-refractivity contribution in [3.8, 4) is 0 Å². The predicted molar refractivity (Wildman–Crippen MR) is 83.2 cm³/mol. The molecule has 1 heterocycles. The summed E-state index contributed by atoms with van der Waals surface area (Å²) in [6.45, 7) is 8.56. The first-order valence-electron chi connectivity index (χ1n) is 7.72. The molecule has 2 N–H and O–H groups in total. The van der Waals surface area contributed by atoms with E-state index in [4.69, 9.17) is 5.73 Å². The number of rotatable bonds is 5. The molecule has 1 aliphatic heterocycles. The van der Waals surface area contributed by atoms with E-state index < -0.39 is 0 Å². The lowest BCUT2D eigenvalue weighted by Gasteiger charge is -2.33. The number of nitrogens with zero attached hydrogens (tertiary/aromatic N) is 1. The largest absolute Gasteiger partial charge is 0.399 e. The summed E-state index contributed by atoms with van der Waals surface area (Å²) in [4.78, 5) is 2.64. The van der Waals surface area contributed by atoms with Crippen LogP contribution >= 0.6 is 0 Å². The minimum absolute atomic E-state index is 0.858. The fourth-order valence-electron chi connectivity index (χ4n) is 3.03. The van der Waals surface area contributed by atoms with Crippen LogP contribution in [0.25, 0.3) is 0 Å². The monoisotopic (exact) mass is 260 g/mol. The summed E-state index contributed by atoms with van der Waals surface area (Å²) < 4.78 is 0. The second kappa shape index (κ2) is 6.95. The van der Waals surface area contributed by atoms with Gasteiger partial charge in [0.1, 0.15) is 0 Å². The van der Waals surface area contributed by atoms with E-state index in [1.54, 1.807) is 0 Å². The molecule has 2 rings (SSSR count). The molecule has 1 aromatic carbocycles. The summed E-state index contributed by atoms with van der Waals surface area (Å²) >= 11 is 0. The smallest absolute Gasteiger partial charge is 0.0314 e. The van der Waals surface area contributed by atoms with Gasteiger partial charge >= 0.3 is 0 Å². The number of likely N-dealkylation sites (tertiary alicyclic amines) is 1. The topological polar surface area (TPSA) is 29.3 Å². The van der Waals surface area contributed by atoms with E-state index in [0.717, 1.165) is 17.5 Å². The highest BCUT2D eigenvalue weighted by Crippen LogP contribution is 2.24. The van der Waals surface area contributed by atoms with Crippen LogP contribution < -0.4 is 5.73 Å². The molecule has 0 radical (unpaired) electrons. The van der Waals surface area contributed by atoms with Gasteiger partial charge in [0.15, 0.2) is 0 Å². The molecule has 1 saturated heterocycles. The van der Waals surface area contributed by atoms with E-state index in [0.29, 0.717) is 0 Å². The molecule has 0 aromatic heterocycles. The van der Waals surface area contributed by atoms with Crippen molar-refractivity contribution in [3.63, 3.8) is 0 Å². The first kappa shape index (κ1) is 14.4. The zero-order valence-electron chi connectivity index (χ0n) is 12.4. The molecule has 1 aliphatic rings. The lowest BCUT2D eigenvalue weighted by atomic mass is 9.86. The fraction of sp³-hybridized carbons (Fsp3) is 0.647. The molecule has 0 aliphatic carbocycles. The van der Waals surface area contributed by atoms with Gasteiger partial charge in [0, 0.05) is 5.69 Å². The van der Waals surface area contributed by atoms with Crippen molar-refractivity contribution in [2.75, 3.05) is 25.4 Å². The summed E-state index contributed by atoms with van der Waals surface area (Å²) in [5.74, 6) is 1.81. The Bertz CT molecular complexity index is 361. The molecule has 0 atom stereocenters. The molecule has 2 nitrogen and oxygen atoms in total. The lowest BCUT2D eigenvalue weighted by Crippen LogP contribution is -2.35. The van der Waals surface area contributed by atoms with E-state index in [9.17, 15) is 0 Å². The van der Waals surface area contributed by atoms with Gasteiger partial charge in [-0.3, -0.25) is 0 Å². The summed E-state index contributed by atoms with van der Waals surface area (Å²) in [6.07, 6.45) is 5.21. The molecule has 2 heteroatoms. The third-order valence-electron chi connectivity index (χ3n) is 4.49. The van der Waals surface area contributed by atoms with Crippen molar-refractivity contribution in [2.45, 2.75) is 39.5 Å². The Hall–Kier alpha value is -1.02. The lowest BCUT2D eigenvalue weighted by molar-refractivity contribution is 0.157. The van der Waals surface area contributed by atoms with Crippen molar-refractivity contribution >= 4 is 5.69 Å². The first-order valence-corrected chi connectivity index (χ1v) is 7.72. The second-order valence-corrected chi connectivity index (χ2v) is 6.27. The molecule has 0 bridgehead atoms. The third-order valence-corrected chi connectivity index (χ3v) is 4.49. The van der Waals surface area contributed by atoms with Crippen LogP contribution in [0.4, 0.5) is 5.69 Å². The molecule has 0 spiro atoms. The number of nitrogens with two attached hydrogens (primary N) is 1. The molecule has 19 heavy (non-hydrogen) atoms. The Morgan fingerprint density at radius 2 is 1.79 bits per heavy atom. The van der Waals surface area contributed by atoms with Crippen molar-refractivity contribution in [2.24, 2.45) is 11.8 Å². The number of aryl methyl sites for hydroxylation is 1. The minimum atomic E-state index is 0.858. The van der Waals surface area contributed by atoms with Gasteiger partial charge < -0.3 is 10.6 Å². The van der Waals surface area contributed by atoms with Crippen molar-refractivity contribution in [1.29, 1.82) is 0 Å². The number of piperidine rings is 1. The normalized spacial score (nSPS) is 18.1. The van der Waals surface area contributed by atoms with Crippen molar-refractivity contribution < 1.29 is 0 Å². The number of hydrogen-bond donors (Lipinski definition) is 1. The van der Waals surface area contributed by atoms with Crippen LogP contribution in [0.15, 0.2) is 24.3 Å². The molecular formula is C17H28N2. The van der Waals surface area contributed by atoms with Gasteiger partial charge in [-0.2, -0.15) is 0 Å². The zero-order chi connectivity index (χ0) is 13.7.